The molecule has 11 aromatic rings. The molecule has 0 aliphatic carbocycles. The van der Waals surface area contributed by atoms with E-state index in [1.807, 2.05) is 11.3 Å². The summed E-state index contributed by atoms with van der Waals surface area (Å²) >= 11 is 1.88. The summed E-state index contributed by atoms with van der Waals surface area (Å²) in [4.78, 5) is 5.28. The Labute approximate surface area is 310 Å². The predicted molar refractivity (Wildman–Crippen MR) is 225 cm³/mol. The van der Waals surface area contributed by atoms with Crippen LogP contribution in [0.4, 0.5) is 0 Å². The molecule has 0 N–H and O–H groups in total. The Hall–Kier alpha value is -6.75. The van der Waals surface area contributed by atoms with Crippen molar-refractivity contribution in [3.8, 4) is 45.0 Å². The second-order valence-electron chi connectivity index (χ2n) is 13.6. The number of aromatic nitrogens is 3. The first kappa shape index (κ1) is 29.9. The number of fused-ring (bicyclic) bond motifs is 7. The number of hydrogen-bond acceptors (Lipinski definition) is 2. The molecular formula is C49H31N3S. The minimum absolute atomic E-state index is 0.915. The highest BCUT2D eigenvalue weighted by Gasteiger charge is 2.19. The molecule has 8 aromatic carbocycles. The highest BCUT2D eigenvalue weighted by Crippen LogP contribution is 2.42. The van der Waals surface area contributed by atoms with Crippen LogP contribution in [-0.4, -0.2) is 14.1 Å². The summed E-state index contributed by atoms with van der Waals surface area (Å²) in [5.74, 6) is 0.915. The van der Waals surface area contributed by atoms with Gasteiger partial charge in [0.05, 0.1) is 22.1 Å². The van der Waals surface area contributed by atoms with Crippen molar-refractivity contribution in [2.45, 2.75) is 0 Å². The molecular weight excluding hydrogens is 663 g/mol. The van der Waals surface area contributed by atoms with E-state index in [-0.39, 0.29) is 0 Å². The maximum atomic E-state index is 5.28. The van der Waals surface area contributed by atoms with Crippen molar-refractivity contribution in [2.75, 3.05) is 0 Å². The number of para-hydroxylation sites is 2. The van der Waals surface area contributed by atoms with Crippen LogP contribution < -0.4 is 0 Å². The lowest BCUT2D eigenvalue weighted by atomic mass is 10.0. The van der Waals surface area contributed by atoms with Crippen LogP contribution in [0.1, 0.15) is 0 Å². The van der Waals surface area contributed by atoms with Gasteiger partial charge >= 0.3 is 0 Å². The standard InChI is InChI=1S/C49H31N3S/c1-3-13-32(14-4-1)33-25-27-43-46(31-33)52(36-16-5-2-6-17-36)49(50-43)35-15-11-18-37(29-35)51-44-23-9-7-19-39(44)42-30-34(26-28-45(42)51)38-21-12-22-41-40-20-8-10-24-47(40)53-48(38)41/h1-31H. The minimum Gasteiger partial charge on any atom is -0.309 e. The van der Waals surface area contributed by atoms with E-state index in [9.17, 15) is 0 Å². The van der Waals surface area contributed by atoms with Gasteiger partial charge in [-0.15, -0.1) is 11.3 Å². The van der Waals surface area contributed by atoms with E-state index in [0.29, 0.717) is 0 Å². The van der Waals surface area contributed by atoms with E-state index in [0.717, 1.165) is 33.8 Å². The third-order valence-corrected chi connectivity index (χ3v) is 11.7. The van der Waals surface area contributed by atoms with Crippen molar-refractivity contribution in [1.29, 1.82) is 0 Å². The second-order valence-corrected chi connectivity index (χ2v) is 14.6. The van der Waals surface area contributed by atoms with Gasteiger partial charge in [0.2, 0.25) is 0 Å². The van der Waals surface area contributed by atoms with Gasteiger partial charge in [0.15, 0.2) is 0 Å². The first-order valence-electron chi connectivity index (χ1n) is 18.0. The van der Waals surface area contributed by atoms with E-state index in [4.69, 9.17) is 4.98 Å². The Morgan fingerprint density at radius 2 is 1.06 bits per heavy atom. The molecule has 248 valence electrons. The molecule has 3 aromatic heterocycles. The van der Waals surface area contributed by atoms with E-state index in [1.54, 1.807) is 0 Å². The van der Waals surface area contributed by atoms with Crippen molar-refractivity contribution < 1.29 is 0 Å². The van der Waals surface area contributed by atoms with Crippen LogP contribution >= 0.6 is 11.3 Å². The van der Waals surface area contributed by atoms with E-state index < -0.39 is 0 Å². The summed E-state index contributed by atoms with van der Waals surface area (Å²) in [5, 5.41) is 5.12. The SMILES string of the molecule is c1ccc(-c2ccc3nc(-c4cccc(-n5c6ccccc6c6cc(-c7cccc8c7sc7ccccc78)ccc65)c4)n(-c4ccccc4)c3c2)cc1. The fraction of sp³-hybridized carbons (Fsp3) is 0. The van der Waals surface area contributed by atoms with Crippen molar-refractivity contribution >= 4 is 64.3 Å². The molecule has 4 heteroatoms. The zero-order valence-electron chi connectivity index (χ0n) is 28.6. The quantitative estimate of drug-likeness (QED) is 0.176. The number of nitrogens with zero attached hydrogens (tertiary/aromatic N) is 3. The van der Waals surface area contributed by atoms with Crippen LogP contribution in [-0.2, 0) is 0 Å². The van der Waals surface area contributed by atoms with Gasteiger partial charge < -0.3 is 4.57 Å². The normalized spacial score (nSPS) is 11.8. The largest absolute Gasteiger partial charge is 0.309 e. The molecule has 3 nitrogen and oxygen atoms in total. The maximum Gasteiger partial charge on any atom is 0.145 e. The average molecular weight is 694 g/mol. The molecule has 53 heavy (non-hydrogen) atoms. The van der Waals surface area contributed by atoms with Crippen molar-refractivity contribution in [2.24, 2.45) is 0 Å². The van der Waals surface area contributed by atoms with Crippen LogP contribution in [0.15, 0.2) is 188 Å². The molecule has 0 spiro atoms. The van der Waals surface area contributed by atoms with E-state index in [1.165, 1.54) is 64.2 Å². The molecule has 3 heterocycles. The Morgan fingerprint density at radius 1 is 0.377 bits per heavy atom. The maximum absolute atomic E-state index is 5.28. The van der Waals surface area contributed by atoms with Gasteiger partial charge in [-0.3, -0.25) is 4.57 Å². The van der Waals surface area contributed by atoms with Gasteiger partial charge in [-0.1, -0.05) is 127 Å². The highest BCUT2D eigenvalue weighted by atomic mass is 32.1. The molecule has 0 bridgehead atoms. The summed E-state index contributed by atoms with van der Waals surface area (Å²) in [6.07, 6.45) is 0. The lowest BCUT2D eigenvalue weighted by Gasteiger charge is -2.13. The molecule has 0 amide bonds. The second kappa shape index (κ2) is 11.9. The van der Waals surface area contributed by atoms with Crippen LogP contribution in [0.2, 0.25) is 0 Å². The summed E-state index contributed by atoms with van der Waals surface area (Å²) in [7, 11) is 0. The zero-order valence-corrected chi connectivity index (χ0v) is 29.5. The summed E-state index contributed by atoms with van der Waals surface area (Å²) in [6.45, 7) is 0. The third kappa shape index (κ3) is 4.77. The molecule has 0 fully saturated rings. The summed E-state index contributed by atoms with van der Waals surface area (Å²) < 4.78 is 7.36. The molecule has 0 unspecified atom stereocenters. The van der Waals surface area contributed by atoms with E-state index >= 15 is 0 Å². The third-order valence-electron chi connectivity index (χ3n) is 10.5. The Morgan fingerprint density at radius 3 is 1.94 bits per heavy atom. The highest BCUT2D eigenvalue weighted by molar-refractivity contribution is 7.26. The Kier molecular flexibility index (Phi) is 6.73. The monoisotopic (exact) mass is 693 g/mol. The fourth-order valence-corrected chi connectivity index (χ4v) is 9.33. The lowest BCUT2D eigenvalue weighted by molar-refractivity contribution is 1.10. The fourth-order valence-electron chi connectivity index (χ4n) is 8.09. The Bertz CT molecular complexity index is 3170. The van der Waals surface area contributed by atoms with Crippen molar-refractivity contribution in [3.05, 3.63) is 188 Å². The van der Waals surface area contributed by atoms with Crippen molar-refractivity contribution in [3.63, 3.8) is 0 Å². The summed E-state index contributed by atoms with van der Waals surface area (Å²) in [6, 6.07) is 67.8. The van der Waals surface area contributed by atoms with Gasteiger partial charge in [-0.25, -0.2) is 4.98 Å². The number of benzene rings is 8. The van der Waals surface area contributed by atoms with Crippen molar-refractivity contribution in [1.82, 2.24) is 14.1 Å². The smallest absolute Gasteiger partial charge is 0.145 e. The number of rotatable bonds is 5. The molecule has 0 radical (unpaired) electrons. The van der Waals surface area contributed by atoms with Gasteiger partial charge in [-0.2, -0.15) is 0 Å². The van der Waals surface area contributed by atoms with Crippen LogP contribution in [0.5, 0.6) is 0 Å². The zero-order chi connectivity index (χ0) is 34.9. The summed E-state index contributed by atoms with van der Waals surface area (Å²) in [5.41, 5.74) is 12.5. The first-order chi connectivity index (χ1) is 26.3. The number of hydrogen-bond donors (Lipinski definition) is 0. The molecule has 0 saturated heterocycles. The minimum atomic E-state index is 0.915. The average Bonchev–Trinajstić information content (AvgIpc) is 3.91. The van der Waals surface area contributed by atoms with E-state index in [2.05, 4.69) is 197 Å². The van der Waals surface area contributed by atoms with Gasteiger partial charge in [0.25, 0.3) is 0 Å². The first-order valence-corrected chi connectivity index (χ1v) is 18.8. The number of thiophene rings is 1. The van der Waals surface area contributed by atoms with Gasteiger partial charge in [-0.05, 0) is 82.9 Å². The molecule has 0 atom stereocenters. The van der Waals surface area contributed by atoms with Crippen LogP contribution in [0.25, 0.3) is 98.0 Å². The molecule has 11 rings (SSSR count). The number of imidazole rings is 1. The molecule has 0 aliphatic rings. The van der Waals surface area contributed by atoms with Gasteiger partial charge in [0.1, 0.15) is 5.82 Å². The topological polar surface area (TPSA) is 22.8 Å². The lowest BCUT2D eigenvalue weighted by Crippen LogP contribution is -1.99. The van der Waals surface area contributed by atoms with Crippen LogP contribution in [0, 0.1) is 0 Å². The Balaban J connectivity index is 1.09. The van der Waals surface area contributed by atoms with Crippen LogP contribution in [0.3, 0.4) is 0 Å². The predicted octanol–water partition coefficient (Wildman–Crippen LogP) is 13.5. The molecule has 0 aliphatic heterocycles. The molecule has 0 saturated carbocycles. The van der Waals surface area contributed by atoms with Gasteiger partial charge in [0, 0.05) is 47.9 Å².